The van der Waals surface area contributed by atoms with Gasteiger partial charge in [0.2, 0.25) is 5.95 Å². The first-order chi connectivity index (χ1) is 7.97. The van der Waals surface area contributed by atoms with E-state index in [0.717, 1.165) is 0 Å². The molecule has 0 saturated carbocycles. The molecule has 0 fully saturated rings. The Bertz CT molecular complexity index is 641. The number of carboxylic acid groups (broad SMARTS) is 1. The van der Waals surface area contributed by atoms with Crippen LogP contribution in [0.5, 0.6) is 0 Å². The van der Waals surface area contributed by atoms with Gasteiger partial charge in [-0.05, 0) is 19.9 Å². The van der Waals surface area contributed by atoms with Crippen molar-refractivity contribution >= 4 is 5.97 Å². The van der Waals surface area contributed by atoms with Gasteiger partial charge in [-0.1, -0.05) is 0 Å². The third-order valence-corrected chi connectivity index (χ3v) is 2.16. The van der Waals surface area contributed by atoms with Gasteiger partial charge in [0.25, 0.3) is 5.56 Å². The SMILES string of the molecule is Cc1cc(=O)[nH]c(-n2nc(C(=O)O)cc2C)n1. The number of aryl methyl sites for hydroxylation is 2. The molecule has 0 aliphatic heterocycles. The van der Waals surface area contributed by atoms with Crippen molar-refractivity contribution in [2.24, 2.45) is 0 Å². The summed E-state index contributed by atoms with van der Waals surface area (Å²) in [6, 6.07) is 2.76. The number of aromatic carboxylic acids is 1. The Morgan fingerprint density at radius 2 is 2.12 bits per heavy atom. The maximum Gasteiger partial charge on any atom is 0.356 e. The van der Waals surface area contributed by atoms with Crippen LogP contribution in [0.15, 0.2) is 16.9 Å². The second-order valence-corrected chi connectivity index (χ2v) is 3.60. The lowest BCUT2D eigenvalue weighted by Gasteiger charge is -2.02. The summed E-state index contributed by atoms with van der Waals surface area (Å²) in [4.78, 5) is 28.6. The Kier molecular flexibility index (Phi) is 2.51. The van der Waals surface area contributed by atoms with Crippen molar-refractivity contribution in [2.45, 2.75) is 13.8 Å². The van der Waals surface area contributed by atoms with Crippen molar-refractivity contribution in [2.75, 3.05) is 0 Å². The van der Waals surface area contributed by atoms with Crippen LogP contribution in [0.2, 0.25) is 0 Å². The number of aromatic amines is 1. The van der Waals surface area contributed by atoms with Gasteiger partial charge >= 0.3 is 5.97 Å². The molecule has 2 rings (SSSR count). The molecular weight excluding hydrogens is 224 g/mol. The van der Waals surface area contributed by atoms with Crippen molar-refractivity contribution in [1.82, 2.24) is 19.7 Å². The van der Waals surface area contributed by atoms with E-state index in [4.69, 9.17) is 5.11 Å². The quantitative estimate of drug-likeness (QED) is 0.776. The van der Waals surface area contributed by atoms with E-state index >= 15 is 0 Å². The molecule has 0 unspecified atom stereocenters. The van der Waals surface area contributed by atoms with Crippen LogP contribution in [-0.2, 0) is 0 Å². The minimum atomic E-state index is -1.12. The highest BCUT2D eigenvalue weighted by molar-refractivity contribution is 5.85. The van der Waals surface area contributed by atoms with Gasteiger partial charge in [0.05, 0.1) is 0 Å². The molecule has 0 spiro atoms. The summed E-state index contributed by atoms with van der Waals surface area (Å²) in [5, 5.41) is 12.7. The third-order valence-electron chi connectivity index (χ3n) is 2.16. The summed E-state index contributed by atoms with van der Waals surface area (Å²) in [6.45, 7) is 3.36. The van der Waals surface area contributed by atoms with Gasteiger partial charge in [0.15, 0.2) is 5.69 Å². The summed E-state index contributed by atoms with van der Waals surface area (Å²) in [6.07, 6.45) is 0. The van der Waals surface area contributed by atoms with Crippen molar-refractivity contribution < 1.29 is 9.90 Å². The van der Waals surface area contributed by atoms with E-state index in [9.17, 15) is 9.59 Å². The van der Waals surface area contributed by atoms with Gasteiger partial charge < -0.3 is 5.11 Å². The minimum absolute atomic E-state index is 0.0911. The molecule has 0 aliphatic rings. The molecule has 17 heavy (non-hydrogen) atoms. The van der Waals surface area contributed by atoms with Gasteiger partial charge in [-0.2, -0.15) is 5.10 Å². The second-order valence-electron chi connectivity index (χ2n) is 3.60. The van der Waals surface area contributed by atoms with Crippen LogP contribution in [0, 0.1) is 13.8 Å². The standard InChI is InChI=1S/C10H10N4O3/c1-5-3-8(15)12-10(11-5)14-6(2)4-7(13-14)9(16)17/h3-4H,1-2H3,(H,16,17)(H,11,12,15). The number of nitrogens with zero attached hydrogens (tertiary/aromatic N) is 3. The number of rotatable bonds is 2. The zero-order chi connectivity index (χ0) is 12.6. The summed E-state index contributed by atoms with van der Waals surface area (Å²) in [7, 11) is 0. The van der Waals surface area contributed by atoms with Crippen LogP contribution in [-0.4, -0.2) is 30.8 Å². The zero-order valence-corrected chi connectivity index (χ0v) is 9.26. The maximum atomic E-state index is 11.3. The van der Waals surface area contributed by atoms with Crippen LogP contribution < -0.4 is 5.56 Å². The highest BCUT2D eigenvalue weighted by Crippen LogP contribution is 2.07. The van der Waals surface area contributed by atoms with Crippen LogP contribution in [0.3, 0.4) is 0 Å². The topological polar surface area (TPSA) is 101 Å². The van der Waals surface area contributed by atoms with Crippen LogP contribution >= 0.6 is 0 Å². The van der Waals surface area contributed by atoms with Crippen LogP contribution in [0.4, 0.5) is 0 Å². The number of hydrogen-bond donors (Lipinski definition) is 2. The first kappa shape index (κ1) is 11.1. The van der Waals surface area contributed by atoms with Gasteiger partial charge in [0.1, 0.15) is 0 Å². The molecule has 0 saturated heterocycles. The first-order valence-corrected chi connectivity index (χ1v) is 4.85. The first-order valence-electron chi connectivity index (χ1n) is 4.85. The fourth-order valence-corrected chi connectivity index (χ4v) is 1.46. The lowest BCUT2D eigenvalue weighted by molar-refractivity contribution is 0.0690. The second kappa shape index (κ2) is 3.85. The van der Waals surface area contributed by atoms with E-state index in [1.807, 2.05) is 0 Å². The van der Waals surface area contributed by atoms with Crippen molar-refractivity contribution in [3.05, 3.63) is 39.6 Å². The molecule has 2 N–H and O–H groups in total. The number of nitrogens with one attached hydrogen (secondary N) is 1. The molecule has 0 aromatic carbocycles. The molecule has 7 nitrogen and oxygen atoms in total. The van der Waals surface area contributed by atoms with Crippen molar-refractivity contribution in [3.63, 3.8) is 0 Å². The number of hydrogen-bond acceptors (Lipinski definition) is 4. The third kappa shape index (κ3) is 2.07. The van der Waals surface area contributed by atoms with E-state index in [2.05, 4.69) is 15.1 Å². The molecule has 7 heteroatoms. The molecule has 2 heterocycles. The van der Waals surface area contributed by atoms with Gasteiger partial charge in [0, 0.05) is 17.5 Å². The maximum absolute atomic E-state index is 11.3. The zero-order valence-electron chi connectivity index (χ0n) is 9.26. The largest absolute Gasteiger partial charge is 0.476 e. The molecule has 88 valence electrons. The van der Waals surface area contributed by atoms with Crippen LogP contribution in [0.1, 0.15) is 21.9 Å². The minimum Gasteiger partial charge on any atom is -0.476 e. The summed E-state index contributed by atoms with van der Waals surface area (Å²) in [5.74, 6) is -0.915. The lowest BCUT2D eigenvalue weighted by atomic mass is 10.4. The highest BCUT2D eigenvalue weighted by atomic mass is 16.4. The summed E-state index contributed by atoms with van der Waals surface area (Å²) < 4.78 is 1.29. The Morgan fingerprint density at radius 3 is 2.65 bits per heavy atom. The van der Waals surface area contributed by atoms with Crippen molar-refractivity contribution in [1.29, 1.82) is 0 Å². The monoisotopic (exact) mass is 234 g/mol. The van der Waals surface area contributed by atoms with E-state index < -0.39 is 5.97 Å². The average molecular weight is 234 g/mol. The van der Waals surface area contributed by atoms with E-state index in [1.54, 1.807) is 13.8 Å². The number of carbonyl (C=O) groups is 1. The van der Waals surface area contributed by atoms with Crippen molar-refractivity contribution in [3.8, 4) is 5.95 Å². The predicted octanol–water partition coefficient (Wildman–Crippen LogP) is 0.271. The Hall–Kier alpha value is -2.44. The molecule has 0 bridgehead atoms. The van der Waals surface area contributed by atoms with Gasteiger partial charge in [-0.15, -0.1) is 0 Å². The lowest BCUT2D eigenvalue weighted by Crippen LogP contribution is -2.15. The molecule has 2 aromatic rings. The molecule has 0 amide bonds. The van der Waals surface area contributed by atoms with E-state index in [0.29, 0.717) is 11.4 Å². The Labute approximate surface area is 95.7 Å². The van der Waals surface area contributed by atoms with Gasteiger partial charge in [-0.3, -0.25) is 9.78 Å². The predicted molar refractivity (Wildman–Crippen MR) is 58.4 cm³/mol. The molecule has 2 aromatic heterocycles. The Morgan fingerprint density at radius 1 is 1.41 bits per heavy atom. The Balaban J connectivity index is 2.60. The smallest absolute Gasteiger partial charge is 0.356 e. The number of aromatic nitrogens is 4. The fourth-order valence-electron chi connectivity index (χ4n) is 1.46. The van der Waals surface area contributed by atoms with E-state index in [1.165, 1.54) is 16.8 Å². The summed E-state index contributed by atoms with van der Waals surface area (Å²) >= 11 is 0. The van der Waals surface area contributed by atoms with Gasteiger partial charge in [-0.25, -0.2) is 14.5 Å². The normalized spacial score (nSPS) is 10.5. The number of carboxylic acids is 1. The highest BCUT2D eigenvalue weighted by Gasteiger charge is 2.13. The molecule has 0 radical (unpaired) electrons. The van der Waals surface area contributed by atoms with E-state index in [-0.39, 0.29) is 17.2 Å². The molecule has 0 aliphatic carbocycles. The fraction of sp³-hybridized carbons (Fsp3) is 0.200. The molecule has 0 atom stereocenters. The average Bonchev–Trinajstić information content (AvgIpc) is 2.59. The van der Waals surface area contributed by atoms with Crippen LogP contribution in [0.25, 0.3) is 5.95 Å². The molecular formula is C10H10N4O3. The summed E-state index contributed by atoms with van der Waals surface area (Å²) in [5.41, 5.74) is 0.720. The number of H-pyrrole nitrogens is 1.